The van der Waals surface area contributed by atoms with E-state index in [9.17, 15) is 4.79 Å². The second kappa shape index (κ2) is 5.70. The zero-order chi connectivity index (χ0) is 13.3. The van der Waals surface area contributed by atoms with Crippen molar-refractivity contribution in [2.45, 2.75) is 45.3 Å². The number of hydrogen-bond donors (Lipinski definition) is 2. The van der Waals surface area contributed by atoms with E-state index < -0.39 is 0 Å². The van der Waals surface area contributed by atoms with Crippen molar-refractivity contribution in [3.8, 4) is 5.75 Å². The summed E-state index contributed by atoms with van der Waals surface area (Å²) in [4.78, 5) is 11.6. The molecule has 1 unspecified atom stereocenters. The number of hydrogen-bond acceptors (Lipinski definition) is 3. The van der Waals surface area contributed by atoms with Crippen LogP contribution in [0.25, 0.3) is 0 Å². The molecule has 0 bridgehead atoms. The van der Waals surface area contributed by atoms with Crippen LogP contribution in [0.3, 0.4) is 0 Å². The molecule has 2 rings (SSSR count). The zero-order valence-corrected chi connectivity index (χ0v) is 12.3. The first-order chi connectivity index (χ1) is 8.41. The third-order valence-corrected chi connectivity index (χ3v) is 3.15. The van der Waals surface area contributed by atoms with Gasteiger partial charge in [0.05, 0.1) is 6.04 Å². The molecule has 0 aliphatic carbocycles. The van der Waals surface area contributed by atoms with E-state index in [-0.39, 0.29) is 30.0 Å². The van der Waals surface area contributed by atoms with Crippen molar-refractivity contribution < 1.29 is 9.53 Å². The molecule has 4 nitrogen and oxygen atoms in total. The van der Waals surface area contributed by atoms with Crippen LogP contribution in [0.4, 0.5) is 5.69 Å². The highest BCUT2D eigenvalue weighted by Crippen LogP contribution is 2.40. The van der Waals surface area contributed by atoms with Crippen molar-refractivity contribution >= 4 is 24.0 Å². The van der Waals surface area contributed by atoms with Crippen LogP contribution in [0, 0.1) is 0 Å². The number of amides is 1. The highest BCUT2D eigenvalue weighted by atomic mass is 35.5. The van der Waals surface area contributed by atoms with E-state index in [0.717, 1.165) is 17.7 Å². The van der Waals surface area contributed by atoms with Gasteiger partial charge in [-0.2, -0.15) is 0 Å². The molecule has 19 heavy (non-hydrogen) atoms. The molecule has 1 atom stereocenters. The fraction of sp³-hybridized carbons (Fsp3) is 0.500. The number of nitrogen functional groups attached to an aromatic ring is 1. The Hall–Kier alpha value is -1.42. The monoisotopic (exact) mass is 284 g/mol. The Kier molecular flexibility index (Phi) is 4.69. The lowest BCUT2D eigenvalue weighted by Crippen LogP contribution is -2.41. The lowest BCUT2D eigenvalue weighted by Gasteiger charge is -2.38. The van der Waals surface area contributed by atoms with Crippen molar-refractivity contribution in [3.05, 3.63) is 23.8 Å². The Morgan fingerprint density at radius 3 is 2.84 bits per heavy atom. The Balaban J connectivity index is 0.00000180. The van der Waals surface area contributed by atoms with Crippen molar-refractivity contribution in [2.24, 2.45) is 0 Å². The SMILES string of the molecule is CCC(=O)NC1CC(C)(C)Oc2ccc(N)cc21.Cl. The third kappa shape index (κ3) is 3.53. The lowest BCUT2D eigenvalue weighted by molar-refractivity contribution is -0.122. The minimum absolute atomic E-state index is 0. The van der Waals surface area contributed by atoms with Crippen LogP contribution in [0.1, 0.15) is 45.2 Å². The summed E-state index contributed by atoms with van der Waals surface area (Å²) < 4.78 is 5.91. The summed E-state index contributed by atoms with van der Waals surface area (Å²) in [5, 5.41) is 3.03. The van der Waals surface area contributed by atoms with Crippen LogP contribution in [-0.2, 0) is 4.79 Å². The van der Waals surface area contributed by atoms with E-state index in [1.807, 2.05) is 39.0 Å². The second-order valence-electron chi connectivity index (χ2n) is 5.34. The minimum Gasteiger partial charge on any atom is -0.487 e. The van der Waals surface area contributed by atoms with E-state index in [1.165, 1.54) is 0 Å². The maximum Gasteiger partial charge on any atom is 0.220 e. The van der Waals surface area contributed by atoms with Gasteiger partial charge < -0.3 is 15.8 Å². The van der Waals surface area contributed by atoms with E-state index in [1.54, 1.807) is 0 Å². The van der Waals surface area contributed by atoms with Gasteiger partial charge in [0, 0.05) is 24.1 Å². The maximum absolute atomic E-state index is 11.6. The smallest absolute Gasteiger partial charge is 0.220 e. The molecule has 1 aromatic carbocycles. The van der Waals surface area contributed by atoms with Crippen molar-refractivity contribution in [2.75, 3.05) is 5.73 Å². The summed E-state index contributed by atoms with van der Waals surface area (Å²) in [7, 11) is 0. The number of carbonyl (C=O) groups excluding carboxylic acids is 1. The molecule has 0 saturated carbocycles. The van der Waals surface area contributed by atoms with Gasteiger partial charge in [0.15, 0.2) is 0 Å². The molecule has 0 saturated heterocycles. The summed E-state index contributed by atoms with van der Waals surface area (Å²) in [6.07, 6.45) is 1.23. The van der Waals surface area contributed by atoms with E-state index in [0.29, 0.717) is 12.1 Å². The molecule has 1 aromatic rings. The largest absolute Gasteiger partial charge is 0.487 e. The summed E-state index contributed by atoms with van der Waals surface area (Å²) in [5.74, 6) is 0.855. The lowest BCUT2D eigenvalue weighted by atomic mass is 9.89. The van der Waals surface area contributed by atoms with E-state index in [2.05, 4.69) is 5.32 Å². The Morgan fingerprint density at radius 1 is 1.53 bits per heavy atom. The Bertz CT molecular complexity index is 475. The van der Waals surface area contributed by atoms with Crippen LogP contribution in [0.15, 0.2) is 18.2 Å². The number of halogens is 1. The molecular weight excluding hydrogens is 264 g/mol. The fourth-order valence-corrected chi connectivity index (χ4v) is 2.30. The average Bonchev–Trinajstić information content (AvgIpc) is 2.29. The van der Waals surface area contributed by atoms with Crippen LogP contribution >= 0.6 is 12.4 Å². The number of ether oxygens (including phenoxy) is 1. The normalized spacial score (nSPS) is 19.6. The number of carbonyl (C=O) groups is 1. The summed E-state index contributed by atoms with van der Waals surface area (Å²) in [6.45, 7) is 5.90. The predicted octanol–water partition coefficient (Wildman–Crippen LogP) is 2.82. The molecular formula is C14H21ClN2O2. The first kappa shape index (κ1) is 15.6. The van der Waals surface area contributed by atoms with Crippen LogP contribution < -0.4 is 15.8 Å². The average molecular weight is 285 g/mol. The number of rotatable bonds is 2. The first-order valence-electron chi connectivity index (χ1n) is 6.29. The molecule has 1 aliphatic rings. The van der Waals surface area contributed by atoms with Gasteiger partial charge in [-0.05, 0) is 32.0 Å². The number of nitrogens with two attached hydrogens (primary N) is 1. The number of nitrogens with one attached hydrogen (secondary N) is 1. The van der Waals surface area contributed by atoms with Crippen molar-refractivity contribution in [3.63, 3.8) is 0 Å². The van der Waals surface area contributed by atoms with Crippen LogP contribution in [-0.4, -0.2) is 11.5 Å². The highest BCUT2D eigenvalue weighted by molar-refractivity contribution is 5.85. The molecule has 3 N–H and O–H groups in total. The number of anilines is 1. The molecule has 0 radical (unpaired) electrons. The Morgan fingerprint density at radius 2 is 2.21 bits per heavy atom. The summed E-state index contributed by atoms with van der Waals surface area (Å²) in [5.41, 5.74) is 7.18. The van der Waals surface area contributed by atoms with Gasteiger partial charge >= 0.3 is 0 Å². The van der Waals surface area contributed by atoms with Crippen LogP contribution in [0.2, 0.25) is 0 Å². The van der Waals surface area contributed by atoms with E-state index in [4.69, 9.17) is 10.5 Å². The van der Waals surface area contributed by atoms with Crippen molar-refractivity contribution in [1.82, 2.24) is 5.32 Å². The molecule has 106 valence electrons. The van der Waals surface area contributed by atoms with Gasteiger partial charge in [-0.15, -0.1) is 12.4 Å². The predicted molar refractivity (Wildman–Crippen MR) is 78.6 cm³/mol. The summed E-state index contributed by atoms with van der Waals surface area (Å²) in [6, 6.07) is 5.54. The molecule has 0 fully saturated rings. The van der Waals surface area contributed by atoms with Gasteiger partial charge in [-0.1, -0.05) is 6.92 Å². The van der Waals surface area contributed by atoms with Gasteiger partial charge in [0.2, 0.25) is 5.91 Å². The first-order valence-corrected chi connectivity index (χ1v) is 6.29. The van der Waals surface area contributed by atoms with Crippen LogP contribution in [0.5, 0.6) is 5.75 Å². The third-order valence-electron chi connectivity index (χ3n) is 3.15. The fourth-order valence-electron chi connectivity index (χ4n) is 2.30. The van der Waals surface area contributed by atoms with Crippen molar-refractivity contribution in [1.29, 1.82) is 0 Å². The molecule has 0 aromatic heterocycles. The van der Waals surface area contributed by atoms with Gasteiger partial charge in [0.25, 0.3) is 0 Å². The molecule has 0 spiro atoms. The quantitative estimate of drug-likeness (QED) is 0.821. The Labute approximate surface area is 120 Å². The standard InChI is InChI=1S/C14H20N2O2.ClH/c1-4-13(17)16-11-8-14(2,3)18-12-6-5-9(15)7-10(11)12;/h5-7,11H,4,8,15H2,1-3H3,(H,16,17);1H. The zero-order valence-electron chi connectivity index (χ0n) is 11.5. The number of fused-ring (bicyclic) bond motifs is 1. The summed E-state index contributed by atoms with van der Waals surface area (Å²) >= 11 is 0. The molecule has 1 amide bonds. The molecule has 5 heteroatoms. The van der Waals surface area contributed by atoms with Gasteiger partial charge in [-0.3, -0.25) is 4.79 Å². The van der Waals surface area contributed by atoms with E-state index >= 15 is 0 Å². The van der Waals surface area contributed by atoms with Gasteiger partial charge in [0.1, 0.15) is 11.4 Å². The number of benzene rings is 1. The second-order valence-corrected chi connectivity index (χ2v) is 5.34. The molecule has 1 heterocycles. The maximum atomic E-state index is 11.6. The van der Waals surface area contributed by atoms with Gasteiger partial charge in [-0.25, -0.2) is 0 Å². The minimum atomic E-state index is -0.283. The topological polar surface area (TPSA) is 64.3 Å². The molecule has 1 aliphatic heterocycles. The highest BCUT2D eigenvalue weighted by Gasteiger charge is 2.34.